The van der Waals surface area contributed by atoms with Crippen LogP contribution in [-0.4, -0.2) is 72.5 Å². The lowest BCUT2D eigenvalue weighted by Crippen LogP contribution is -2.39. The number of nitrogens with zero attached hydrogens (tertiary/aromatic N) is 2. The highest BCUT2D eigenvalue weighted by Gasteiger charge is 2.39. The fourth-order valence-corrected chi connectivity index (χ4v) is 4.34. The van der Waals surface area contributed by atoms with E-state index in [-0.39, 0.29) is 49.9 Å². The van der Waals surface area contributed by atoms with Gasteiger partial charge >= 0.3 is 0 Å². The van der Waals surface area contributed by atoms with E-state index >= 15 is 0 Å². The smallest absolute Gasteiger partial charge is 0.222 e. The minimum Gasteiger partial charge on any atom is -0.777 e. The minimum atomic E-state index is -4.35. The SMILES string of the molecule is CCC(=O)N(CCNC)CP(=O)([O-])OC1CC(C(C)=O)N(C(=O)CC)C1. The van der Waals surface area contributed by atoms with Gasteiger partial charge in [-0.1, -0.05) is 13.8 Å². The van der Waals surface area contributed by atoms with Gasteiger partial charge in [0.15, 0.2) is 13.4 Å². The topological polar surface area (TPSA) is 119 Å². The molecule has 0 saturated carbocycles. The van der Waals surface area contributed by atoms with Crippen molar-refractivity contribution in [2.45, 2.75) is 52.2 Å². The lowest BCUT2D eigenvalue weighted by atomic mass is 10.1. The van der Waals surface area contributed by atoms with Crippen LogP contribution in [0.4, 0.5) is 0 Å². The van der Waals surface area contributed by atoms with E-state index in [0.717, 1.165) is 0 Å². The third-order valence-electron chi connectivity index (χ3n) is 4.30. The Morgan fingerprint density at radius 3 is 2.46 bits per heavy atom. The van der Waals surface area contributed by atoms with Crippen LogP contribution in [-0.2, 0) is 23.5 Å². The number of carbonyl (C=O) groups is 3. The van der Waals surface area contributed by atoms with E-state index in [1.807, 2.05) is 0 Å². The number of hydrogen-bond donors (Lipinski definition) is 1. The van der Waals surface area contributed by atoms with Crippen LogP contribution < -0.4 is 10.2 Å². The van der Waals surface area contributed by atoms with Crippen LogP contribution in [0.25, 0.3) is 0 Å². The quantitative estimate of drug-likeness (QED) is 0.519. The van der Waals surface area contributed by atoms with Gasteiger partial charge in [-0.2, -0.15) is 0 Å². The Morgan fingerprint density at radius 2 is 1.96 bits per heavy atom. The Balaban J connectivity index is 2.78. The van der Waals surface area contributed by atoms with E-state index in [0.29, 0.717) is 6.54 Å². The number of nitrogens with one attached hydrogen (secondary N) is 1. The van der Waals surface area contributed by atoms with Gasteiger partial charge in [0, 0.05) is 38.9 Å². The fourth-order valence-electron chi connectivity index (χ4n) is 2.95. The van der Waals surface area contributed by atoms with Crippen molar-refractivity contribution in [3.8, 4) is 0 Å². The van der Waals surface area contributed by atoms with E-state index < -0.39 is 26.0 Å². The zero-order chi connectivity index (χ0) is 19.9. The highest BCUT2D eigenvalue weighted by molar-refractivity contribution is 7.51. The van der Waals surface area contributed by atoms with E-state index in [2.05, 4.69) is 5.32 Å². The zero-order valence-corrected chi connectivity index (χ0v) is 16.8. The second-order valence-corrected chi connectivity index (χ2v) is 8.07. The molecule has 1 aliphatic rings. The normalized spacial score (nSPS) is 22.1. The van der Waals surface area contributed by atoms with Crippen LogP contribution in [0.2, 0.25) is 0 Å². The van der Waals surface area contributed by atoms with Crippen molar-refractivity contribution in [3.05, 3.63) is 0 Å². The van der Waals surface area contributed by atoms with E-state index in [1.54, 1.807) is 20.9 Å². The number of Topliss-reactive ketones (excluding diaryl/α,β-unsaturated/α-hetero) is 1. The second kappa shape index (κ2) is 10.2. The average molecular weight is 390 g/mol. The summed E-state index contributed by atoms with van der Waals surface area (Å²) >= 11 is 0. The van der Waals surface area contributed by atoms with Crippen LogP contribution in [0.1, 0.15) is 40.0 Å². The first-order valence-corrected chi connectivity index (χ1v) is 10.6. The molecule has 0 bridgehead atoms. The number of likely N-dealkylation sites (N-methyl/N-ethyl adjacent to an activating group) is 1. The lowest BCUT2D eigenvalue weighted by molar-refractivity contribution is -0.204. The average Bonchev–Trinajstić information content (AvgIpc) is 3.00. The predicted molar refractivity (Wildman–Crippen MR) is 94.4 cm³/mol. The maximum absolute atomic E-state index is 12.4. The van der Waals surface area contributed by atoms with Crippen LogP contribution in [0.3, 0.4) is 0 Å². The first-order valence-electron chi connectivity index (χ1n) is 8.85. The third-order valence-corrected chi connectivity index (χ3v) is 5.60. The standard InChI is InChI=1S/C16H30N3O6P/c1-5-15(21)18(8-7-17-4)11-26(23,24)25-13-9-14(12(3)20)19(10-13)16(22)6-2/h13-14,17H,5-11H2,1-4H3,(H,23,24)/p-1. The molecule has 0 aromatic rings. The van der Waals surface area contributed by atoms with Gasteiger partial charge in [0.2, 0.25) is 11.8 Å². The maximum Gasteiger partial charge on any atom is 0.222 e. The van der Waals surface area contributed by atoms with E-state index in [1.165, 1.54) is 16.7 Å². The largest absolute Gasteiger partial charge is 0.777 e. The summed E-state index contributed by atoms with van der Waals surface area (Å²) in [7, 11) is -2.64. The lowest BCUT2D eigenvalue weighted by Gasteiger charge is -2.32. The molecule has 9 nitrogen and oxygen atoms in total. The maximum atomic E-state index is 12.4. The molecule has 0 aromatic carbocycles. The molecule has 1 saturated heterocycles. The highest BCUT2D eigenvalue weighted by Crippen LogP contribution is 2.42. The number of rotatable bonds is 10. The molecule has 3 atom stereocenters. The summed E-state index contributed by atoms with van der Waals surface area (Å²) in [5.74, 6) is -0.694. The van der Waals surface area contributed by atoms with Gasteiger partial charge < -0.3 is 29.1 Å². The Bertz CT molecular complexity index is 570. The van der Waals surface area contributed by atoms with E-state index in [9.17, 15) is 23.8 Å². The zero-order valence-electron chi connectivity index (χ0n) is 15.9. The molecule has 1 aliphatic heterocycles. The number of ketones is 1. The minimum absolute atomic E-state index is 0.0569. The molecule has 26 heavy (non-hydrogen) atoms. The van der Waals surface area contributed by atoms with Gasteiger partial charge in [-0.3, -0.25) is 14.4 Å². The van der Waals surface area contributed by atoms with Crippen molar-refractivity contribution in [1.82, 2.24) is 15.1 Å². The molecule has 10 heteroatoms. The summed E-state index contributed by atoms with van der Waals surface area (Å²) in [4.78, 5) is 50.7. The molecule has 1 rings (SSSR count). The van der Waals surface area contributed by atoms with Gasteiger partial charge in [-0.05, 0) is 14.0 Å². The summed E-state index contributed by atoms with van der Waals surface area (Å²) in [6.07, 6.45) is -0.728. The van der Waals surface area contributed by atoms with Crippen LogP contribution in [0.5, 0.6) is 0 Å². The van der Waals surface area contributed by atoms with Crippen molar-refractivity contribution in [2.75, 3.05) is 33.0 Å². The Hall–Kier alpha value is -1.28. The molecular weight excluding hydrogens is 361 g/mol. The molecule has 0 radical (unpaired) electrons. The Kier molecular flexibility index (Phi) is 8.89. The van der Waals surface area contributed by atoms with Crippen LogP contribution in [0.15, 0.2) is 0 Å². The van der Waals surface area contributed by atoms with Gasteiger partial charge in [0.05, 0.1) is 18.4 Å². The Morgan fingerprint density at radius 1 is 1.31 bits per heavy atom. The predicted octanol–water partition coefficient (Wildman–Crippen LogP) is -0.0596. The van der Waals surface area contributed by atoms with Crippen molar-refractivity contribution in [1.29, 1.82) is 0 Å². The molecule has 2 amide bonds. The number of likely N-dealkylation sites (tertiary alicyclic amines) is 1. The van der Waals surface area contributed by atoms with Gasteiger partial charge in [-0.25, -0.2) is 0 Å². The number of hydrogen-bond acceptors (Lipinski definition) is 7. The van der Waals surface area contributed by atoms with Gasteiger partial charge in [-0.15, -0.1) is 0 Å². The summed E-state index contributed by atoms with van der Waals surface area (Å²) in [6.45, 7) is 5.48. The van der Waals surface area contributed by atoms with Crippen molar-refractivity contribution < 1.29 is 28.4 Å². The molecule has 3 unspecified atom stereocenters. The molecule has 1 N–H and O–H groups in total. The van der Waals surface area contributed by atoms with Gasteiger partial charge in [0.1, 0.15) is 0 Å². The molecule has 1 heterocycles. The highest BCUT2D eigenvalue weighted by atomic mass is 31.2. The van der Waals surface area contributed by atoms with Gasteiger partial charge in [0.25, 0.3) is 0 Å². The monoisotopic (exact) mass is 390 g/mol. The van der Waals surface area contributed by atoms with Crippen LogP contribution in [0, 0.1) is 0 Å². The summed E-state index contributed by atoms with van der Waals surface area (Å²) in [5.41, 5.74) is 0. The third kappa shape index (κ3) is 6.46. The summed E-state index contributed by atoms with van der Waals surface area (Å²) < 4.78 is 17.7. The molecule has 0 aliphatic carbocycles. The second-order valence-electron chi connectivity index (χ2n) is 6.36. The fraction of sp³-hybridized carbons (Fsp3) is 0.812. The molecule has 0 spiro atoms. The first kappa shape index (κ1) is 22.8. The van der Waals surface area contributed by atoms with Crippen molar-refractivity contribution >= 4 is 25.2 Å². The van der Waals surface area contributed by atoms with Crippen molar-refractivity contribution in [3.63, 3.8) is 0 Å². The molecule has 150 valence electrons. The van der Waals surface area contributed by atoms with Crippen molar-refractivity contribution in [2.24, 2.45) is 0 Å². The van der Waals surface area contributed by atoms with E-state index in [4.69, 9.17) is 4.52 Å². The molecule has 0 aromatic heterocycles. The number of carbonyl (C=O) groups excluding carboxylic acids is 3. The Labute approximate surface area is 154 Å². The number of amides is 2. The molecular formula is C16H29N3O6P-. The molecule has 1 fully saturated rings. The summed E-state index contributed by atoms with van der Waals surface area (Å²) in [6, 6.07) is -0.662. The summed E-state index contributed by atoms with van der Waals surface area (Å²) in [5, 5.41) is 2.87. The van der Waals surface area contributed by atoms with Crippen LogP contribution >= 0.6 is 7.60 Å². The first-order chi connectivity index (χ1) is 12.1.